The van der Waals surface area contributed by atoms with Gasteiger partial charge in [0, 0.05) is 24.3 Å². The molecule has 0 aliphatic rings. The third-order valence-electron chi connectivity index (χ3n) is 3.32. The lowest BCUT2D eigenvalue weighted by Gasteiger charge is -2.07. The Labute approximate surface area is 123 Å². The second kappa shape index (κ2) is 6.99. The fourth-order valence-corrected chi connectivity index (χ4v) is 2.05. The van der Waals surface area contributed by atoms with Crippen molar-refractivity contribution in [3.63, 3.8) is 0 Å². The van der Waals surface area contributed by atoms with Gasteiger partial charge in [-0.3, -0.25) is 9.48 Å². The molecule has 21 heavy (non-hydrogen) atoms. The second-order valence-electron chi connectivity index (χ2n) is 4.78. The molecule has 0 fully saturated rings. The molecule has 0 radical (unpaired) electrons. The number of halogens is 1. The number of amides is 1. The van der Waals surface area contributed by atoms with Crippen LogP contribution in [0.25, 0.3) is 0 Å². The van der Waals surface area contributed by atoms with Crippen LogP contribution in [0, 0.1) is 12.7 Å². The molecule has 0 spiro atoms. The Morgan fingerprint density at radius 2 is 2.19 bits per heavy atom. The molecule has 5 nitrogen and oxygen atoms in total. The van der Waals surface area contributed by atoms with Crippen LogP contribution >= 0.6 is 0 Å². The molecule has 0 saturated heterocycles. The second-order valence-corrected chi connectivity index (χ2v) is 4.78. The molecule has 112 valence electrons. The van der Waals surface area contributed by atoms with Gasteiger partial charge >= 0.3 is 0 Å². The van der Waals surface area contributed by atoms with Crippen LogP contribution in [0.2, 0.25) is 0 Å². The van der Waals surface area contributed by atoms with Crippen molar-refractivity contribution in [2.45, 2.75) is 26.4 Å². The summed E-state index contributed by atoms with van der Waals surface area (Å²) in [4.78, 5) is 12.1. The van der Waals surface area contributed by atoms with Gasteiger partial charge in [0.05, 0.1) is 11.8 Å². The van der Waals surface area contributed by atoms with Crippen molar-refractivity contribution in [3.05, 3.63) is 53.1 Å². The minimum atomic E-state index is -0.326. The SMILES string of the molecule is Cc1c(C(=O)NCc2ccccc2F)cnn1CCCN. The number of carbonyl (C=O) groups excluding carboxylic acids is 1. The average Bonchev–Trinajstić information content (AvgIpc) is 2.85. The molecular formula is C15H19FN4O. The maximum Gasteiger partial charge on any atom is 0.255 e. The highest BCUT2D eigenvalue weighted by molar-refractivity contribution is 5.94. The summed E-state index contributed by atoms with van der Waals surface area (Å²) >= 11 is 0. The van der Waals surface area contributed by atoms with Gasteiger partial charge in [0.2, 0.25) is 0 Å². The van der Waals surface area contributed by atoms with E-state index in [0.717, 1.165) is 12.1 Å². The van der Waals surface area contributed by atoms with Gasteiger partial charge in [-0.25, -0.2) is 4.39 Å². The molecule has 0 bridgehead atoms. The quantitative estimate of drug-likeness (QED) is 0.849. The summed E-state index contributed by atoms with van der Waals surface area (Å²) in [6.07, 6.45) is 2.33. The normalized spacial score (nSPS) is 10.6. The summed E-state index contributed by atoms with van der Waals surface area (Å²) in [6.45, 7) is 3.25. The summed E-state index contributed by atoms with van der Waals surface area (Å²) in [7, 11) is 0. The Kier molecular flexibility index (Phi) is 5.05. The number of nitrogens with two attached hydrogens (primary N) is 1. The van der Waals surface area contributed by atoms with Gasteiger partial charge in [-0.05, 0) is 26.0 Å². The lowest BCUT2D eigenvalue weighted by Crippen LogP contribution is -2.24. The molecule has 1 amide bonds. The van der Waals surface area contributed by atoms with E-state index in [4.69, 9.17) is 5.73 Å². The summed E-state index contributed by atoms with van der Waals surface area (Å²) in [5.74, 6) is -0.581. The van der Waals surface area contributed by atoms with E-state index in [1.807, 2.05) is 6.92 Å². The lowest BCUT2D eigenvalue weighted by atomic mass is 10.2. The van der Waals surface area contributed by atoms with Crippen LogP contribution in [-0.2, 0) is 13.1 Å². The van der Waals surface area contributed by atoms with E-state index in [-0.39, 0.29) is 18.3 Å². The van der Waals surface area contributed by atoms with Crippen molar-refractivity contribution in [2.24, 2.45) is 5.73 Å². The fourth-order valence-electron chi connectivity index (χ4n) is 2.05. The van der Waals surface area contributed by atoms with E-state index < -0.39 is 0 Å². The predicted octanol–water partition coefficient (Wildman–Crippen LogP) is 1.61. The molecule has 0 aliphatic carbocycles. The summed E-state index contributed by atoms with van der Waals surface area (Å²) in [5.41, 5.74) is 7.21. The Morgan fingerprint density at radius 3 is 2.90 bits per heavy atom. The highest BCUT2D eigenvalue weighted by Gasteiger charge is 2.14. The van der Waals surface area contributed by atoms with Gasteiger partial charge < -0.3 is 11.1 Å². The third-order valence-corrected chi connectivity index (χ3v) is 3.32. The number of aromatic nitrogens is 2. The first-order chi connectivity index (χ1) is 10.1. The molecule has 0 saturated carbocycles. The van der Waals surface area contributed by atoms with Crippen LogP contribution < -0.4 is 11.1 Å². The number of carbonyl (C=O) groups is 1. The summed E-state index contributed by atoms with van der Waals surface area (Å²) in [6, 6.07) is 6.37. The van der Waals surface area contributed by atoms with Crippen molar-refractivity contribution in [2.75, 3.05) is 6.54 Å². The lowest BCUT2D eigenvalue weighted by molar-refractivity contribution is 0.0950. The van der Waals surface area contributed by atoms with Crippen molar-refractivity contribution < 1.29 is 9.18 Å². The van der Waals surface area contributed by atoms with E-state index >= 15 is 0 Å². The number of hydrogen-bond donors (Lipinski definition) is 2. The molecule has 0 unspecified atom stereocenters. The maximum absolute atomic E-state index is 13.5. The van der Waals surface area contributed by atoms with E-state index in [2.05, 4.69) is 10.4 Å². The van der Waals surface area contributed by atoms with Crippen LogP contribution in [0.5, 0.6) is 0 Å². The van der Waals surface area contributed by atoms with Crippen LogP contribution in [0.4, 0.5) is 4.39 Å². The van der Waals surface area contributed by atoms with Gasteiger partial charge in [0.15, 0.2) is 0 Å². The minimum Gasteiger partial charge on any atom is -0.348 e. The monoisotopic (exact) mass is 290 g/mol. The molecule has 1 heterocycles. The van der Waals surface area contributed by atoms with Crippen molar-refractivity contribution in [1.82, 2.24) is 15.1 Å². The molecule has 2 rings (SSSR count). The molecule has 3 N–H and O–H groups in total. The smallest absolute Gasteiger partial charge is 0.255 e. The van der Waals surface area contributed by atoms with Crippen LogP contribution in [-0.4, -0.2) is 22.2 Å². The number of rotatable bonds is 6. The van der Waals surface area contributed by atoms with Crippen molar-refractivity contribution in [1.29, 1.82) is 0 Å². The molecule has 0 atom stereocenters. The zero-order chi connectivity index (χ0) is 15.2. The summed E-state index contributed by atoms with van der Waals surface area (Å²) in [5, 5.41) is 6.88. The first kappa shape index (κ1) is 15.2. The van der Waals surface area contributed by atoms with E-state index in [0.29, 0.717) is 24.2 Å². The molecule has 1 aromatic heterocycles. The highest BCUT2D eigenvalue weighted by atomic mass is 19.1. The molecule has 6 heteroatoms. The van der Waals surface area contributed by atoms with Crippen LogP contribution in [0.3, 0.4) is 0 Å². The Bertz CT molecular complexity index is 624. The van der Waals surface area contributed by atoms with Gasteiger partial charge in [-0.2, -0.15) is 5.10 Å². The van der Waals surface area contributed by atoms with E-state index in [1.165, 1.54) is 12.3 Å². The fraction of sp³-hybridized carbons (Fsp3) is 0.333. The van der Waals surface area contributed by atoms with Crippen LogP contribution in [0.1, 0.15) is 28.0 Å². The predicted molar refractivity (Wildman–Crippen MR) is 78.2 cm³/mol. The Hall–Kier alpha value is -2.21. The molecular weight excluding hydrogens is 271 g/mol. The molecule has 0 aliphatic heterocycles. The van der Waals surface area contributed by atoms with E-state index in [9.17, 15) is 9.18 Å². The van der Waals surface area contributed by atoms with Gasteiger partial charge in [0.1, 0.15) is 5.82 Å². The Morgan fingerprint density at radius 1 is 1.43 bits per heavy atom. The van der Waals surface area contributed by atoms with E-state index in [1.54, 1.807) is 22.9 Å². The van der Waals surface area contributed by atoms with Gasteiger partial charge in [0.25, 0.3) is 5.91 Å². The van der Waals surface area contributed by atoms with Crippen molar-refractivity contribution in [3.8, 4) is 0 Å². The molecule has 2 aromatic rings. The third kappa shape index (κ3) is 3.66. The topological polar surface area (TPSA) is 72.9 Å². The standard InChI is InChI=1S/C15H19FN4O/c1-11-13(10-19-20(11)8-4-7-17)15(21)18-9-12-5-2-3-6-14(12)16/h2-3,5-6,10H,4,7-9,17H2,1H3,(H,18,21). The average molecular weight is 290 g/mol. The van der Waals surface area contributed by atoms with Gasteiger partial charge in [-0.1, -0.05) is 18.2 Å². The number of nitrogens with zero attached hydrogens (tertiary/aromatic N) is 2. The van der Waals surface area contributed by atoms with Crippen LogP contribution in [0.15, 0.2) is 30.5 Å². The first-order valence-electron chi connectivity index (χ1n) is 6.87. The minimum absolute atomic E-state index is 0.152. The zero-order valence-electron chi connectivity index (χ0n) is 12.0. The molecule has 1 aromatic carbocycles. The largest absolute Gasteiger partial charge is 0.348 e. The number of nitrogens with one attached hydrogen (secondary N) is 1. The first-order valence-corrected chi connectivity index (χ1v) is 6.87. The number of benzene rings is 1. The zero-order valence-corrected chi connectivity index (χ0v) is 12.0. The Balaban J connectivity index is 2.01. The summed E-state index contributed by atoms with van der Waals surface area (Å²) < 4.78 is 15.2. The number of aryl methyl sites for hydroxylation is 1. The van der Waals surface area contributed by atoms with Gasteiger partial charge in [-0.15, -0.1) is 0 Å². The maximum atomic E-state index is 13.5. The highest BCUT2D eigenvalue weighted by Crippen LogP contribution is 2.09. The van der Waals surface area contributed by atoms with Crippen molar-refractivity contribution >= 4 is 5.91 Å². The number of hydrogen-bond acceptors (Lipinski definition) is 3.